The average molecular weight is 662 g/mol. The molecule has 0 fully saturated rings. The molecule has 5 aromatic rings. The molecule has 7 nitrogen and oxygen atoms in total. The molecule has 3 amide bonds. The van der Waals surface area contributed by atoms with Crippen molar-refractivity contribution in [2.45, 2.75) is 17.1 Å². The Bertz CT molecular complexity index is 1880. The predicted molar refractivity (Wildman–Crippen MR) is 190 cm³/mol. The minimum Gasteiger partial charge on any atom is -0.497 e. The summed E-state index contributed by atoms with van der Waals surface area (Å²) in [5, 5.41) is 8.67. The van der Waals surface area contributed by atoms with Crippen LogP contribution in [0.4, 0.5) is 11.4 Å². The van der Waals surface area contributed by atoms with Crippen LogP contribution in [0.15, 0.2) is 138 Å². The lowest BCUT2D eigenvalue weighted by Gasteiger charge is -2.18. The van der Waals surface area contributed by atoms with Gasteiger partial charge in [0.15, 0.2) is 0 Å². The highest BCUT2D eigenvalue weighted by Crippen LogP contribution is 2.37. The van der Waals surface area contributed by atoms with Crippen LogP contribution in [0.3, 0.4) is 0 Å². The van der Waals surface area contributed by atoms with Crippen molar-refractivity contribution in [3.05, 3.63) is 160 Å². The fourth-order valence-corrected chi connectivity index (χ4v) is 5.80. The summed E-state index contributed by atoms with van der Waals surface area (Å²) in [6, 6.07) is 37.9. The van der Waals surface area contributed by atoms with Crippen LogP contribution in [0.2, 0.25) is 5.02 Å². The van der Waals surface area contributed by atoms with Crippen molar-refractivity contribution < 1.29 is 19.1 Å². The van der Waals surface area contributed by atoms with Crippen molar-refractivity contribution in [2.24, 2.45) is 0 Å². The quantitative estimate of drug-likeness (QED) is 0.0974. The van der Waals surface area contributed by atoms with Crippen molar-refractivity contribution >= 4 is 58.5 Å². The molecule has 0 bridgehead atoms. The molecule has 0 saturated heterocycles. The van der Waals surface area contributed by atoms with Gasteiger partial charge in [0, 0.05) is 26.9 Å². The molecule has 0 spiro atoms. The van der Waals surface area contributed by atoms with E-state index < -0.39 is 17.1 Å². The summed E-state index contributed by atoms with van der Waals surface area (Å²) in [5.74, 6) is -0.424. The smallest absolute Gasteiger partial charge is 0.272 e. The molecule has 0 aromatic heterocycles. The normalized spacial score (nSPS) is 11.7. The standard InChI is InChI=1S/C38H32ClN3O4S/c1-25-32(39)14-9-15-33(25)41-38(45)35(27-10-5-3-6-11-27)47-31-22-18-29(19-23-31)40-37(44)34(24-26-16-20-30(46-2)21-17-26)42-36(43)28-12-7-4-8-13-28/h3-24,35H,1-2H3,(H,40,44)(H,41,45)(H,42,43)/b34-24-. The molecule has 9 heteroatoms. The molecule has 3 N–H and O–H groups in total. The van der Waals surface area contributed by atoms with E-state index in [0.29, 0.717) is 33.3 Å². The number of hydrogen-bond acceptors (Lipinski definition) is 5. The number of thioether (sulfide) groups is 1. The highest BCUT2D eigenvalue weighted by Gasteiger charge is 2.23. The third-order valence-electron chi connectivity index (χ3n) is 7.19. The van der Waals surface area contributed by atoms with Crippen LogP contribution in [-0.4, -0.2) is 24.8 Å². The van der Waals surface area contributed by atoms with Crippen molar-refractivity contribution in [1.82, 2.24) is 5.32 Å². The van der Waals surface area contributed by atoms with Gasteiger partial charge in [0.2, 0.25) is 5.91 Å². The lowest BCUT2D eigenvalue weighted by Crippen LogP contribution is -2.30. The van der Waals surface area contributed by atoms with Gasteiger partial charge < -0.3 is 20.7 Å². The van der Waals surface area contributed by atoms with E-state index in [1.807, 2.05) is 61.5 Å². The van der Waals surface area contributed by atoms with Gasteiger partial charge in [-0.25, -0.2) is 0 Å². The number of carbonyl (C=O) groups excluding carboxylic acids is 3. The van der Waals surface area contributed by atoms with E-state index in [4.69, 9.17) is 16.3 Å². The molecule has 0 saturated carbocycles. The molecule has 5 aromatic carbocycles. The molecule has 47 heavy (non-hydrogen) atoms. The summed E-state index contributed by atoms with van der Waals surface area (Å²) in [5.41, 5.74) is 4.00. The van der Waals surface area contributed by atoms with Gasteiger partial charge in [-0.2, -0.15) is 0 Å². The number of carbonyl (C=O) groups is 3. The largest absolute Gasteiger partial charge is 0.497 e. The van der Waals surface area contributed by atoms with E-state index in [0.717, 1.165) is 16.0 Å². The summed E-state index contributed by atoms with van der Waals surface area (Å²) in [6.07, 6.45) is 1.60. The number of rotatable bonds is 11. The number of hydrogen-bond donors (Lipinski definition) is 3. The highest BCUT2D eigenvalue weighted by atomic mass is 35.5. The maximum absolute atomic E-state index is 13.6. The third kappa shape index (κ3) is 8.91. The summed E-state index contributed by atoms with van der Waals surface area (Å²) in [6.45, 7) is 1.86. The molecule has 0 radical (unpaired) electrons. The second-order valence-corrected chi connectivity index (χ2v) is 12.0. The predicted octanol–water partition coefficient (Wildman–Crippen LogP) is 8.54. The van der Waals surface area contributed by atoms with E-state index >= 15 is 0 Å². The van der Waals surface area contributed by atoms with Crippen molar-refractivity contribution in [3.8, 4) is 5.75 Å². The number of nitrogens with one attached hydrogen (secondary N) is 3. The Morgan fingerprint density at radius 1 is 0.766 bits per heavy atom. The van der Waals surface area contributed by atoms with E-state index in [9.17, 15) is 14.4 Å². The van der Waals surface area contributed by atoms with Gasteiger partial charge in [0.25, 0.3) is 11.8 Å². The second-order valence-electron chi connectivity index (χ2n) is 10.4. The van der Waals surface area contributed by atoms with Gasteiger partial charge >= 0.3 is 0 Å². The van der Waals surface area contributed by atoms with E-state index in [2.05, 4.69) is 16.0 Å². The van der Waals surface area contributed by atoms with E-state index in [1.54, 1.807) is 86.0 Å². The Hall–Kier alpha value is -5.31. The second kappa shape index (κ2) is 15.8. The third-order valence-corrected chi connectivity index (χ3v) is 8.86. The Balaban J connectivity index is 1.33. The van der Waals surface area contributed by atoms with Gasteiger partial charge in [0.1, 0.15) is 16.7 Å². The molecule has 1 unspecified atom stereocenters. The van der Waals surface area contributed by atoms with Gasteiger partial charge in [-0.05, 0) is 90.4 Å². The van der Waals surface area contributed by atoms with Crippen LogP contribution in [0.25, 0.3) is 6.08 Å². The summed E-state index contributed by atoms with van der Waals surface area (Å²) in [4.78, 5) is 40.8. The summed E-state index contributed by atoms with van der Waals surface area (Å²) < 4.78 is 5.23. The molecule has 236 valence electrons. The van der Waals surface area contributed by atoms with Crippen molar-refractivity contribution in [1.29, 1.82) is 0 Å². The lowest BCUT2D eigenvalue weighted by molar-refractivity contribution is -0.116. The molecule has 5 rings (SSSR count). The van der Waals surface area contributed by atoms with Gasteiger partial charge in [-0.1, -0.05) is 78.3 Å². The lowest BCUT2D eigenvalue weighted by atomic mass is 10.1. The molecule has 1 atom stereocenters. The van der Waals surface area contributed by atoms with Crippen LogP contribution in [0.1, 0.15) is 32.3 Å². The van der Waals surface area contributed by atoms with Crippen LogP contribution in [0.5, 0.6) is 5.75 Å². The highest BCUT2D eigenvalue weighted by molar-refractivity contribution is 8.00. The fraction of sp³-hybridized carbons (Fsp3) is 0.0789. The van der Waals surface area contributed by atoms with Gasteiger partial charge in [0.05, 0.1) is 7.11 Å². The van der Waals surface area contributed by atoms with E-state index in [-0.39, 0.29) is 11.6 Å². The maximum Gasteiger partial charge on any atom is 0.272 e. The SMILES string of the molecule is COc1ccc(/C=C(\NC(=O)c2ccccc2)C(=O)Nc2ccc(SC(C(=O)Nc3cccc(Cl)c3C)c3ccccc3)cc2)cc1. The Labute approximate surface area is 283 Å². The number of amides is 3. The number of anilines is 2. The Morgan fingerprint density at radius 2 is 1.43 bits per heavy atom. The number of halogens is 1. The summed E-state index contributed by atoms with van der Waals surface area (Å²) >= 11 is 7.67. The average Bonchev–Trinajstić information content (AvgIpc) is 3.10. The van der Waals surface area contributed by atoms with Crippen molar-refractivity contribution in [2.75, 3.05) is 17.7 Å². The molecular formula is C38H32ClN3O4S. The minimum absolute atomic E-state index is 0.0691. The maximum atomic E-state index is 13.6. The molecule has 0 aliphatic rings. The molecule has 0 aliphatic heterocycles. The topological polar surface area (TPSA) is 96.5 Å². The first-order valence-electron chi connectivity index (χ1n) is 14.7. The van der Waals surface area contributed by atoms with Crippen LogP contribution >= 0.6 is 23.4 Å². The number of ether oxygens (including phenoxy) is 1. The molecule has 0 aliphatic carbocycles. The molecule has 0 heterocycles. The fourth-order valence-electron chi connectivity index (χ4n) is 4.60. The first-order chi connectivity index (χ1) is 22.8. The van der Waals surface area contributed by atoms with Gasteiger partial charge in [-0.15, -0.1) is 11.8 Å². The van der Waals surface area contributed by atoms with E-state index in [1.165, 1.54) is 11.8 Å². The minimum atomic E-state index is -0.553. The Kier molecular flexibility index (Phi) is 11.1. The number of methoxy groups -OCH3 is 1. The zero-order valence-corrected chi connectivity index (χ0v) is 27.3. The first kappa shape index (κ1) is 33.1. The zero-order valence-electron chi connectivity index (χ0n) is 25.7. The van der Waals surface area contributed by atoms with Gasteiger partial charge in [-0.3, -0.25) is 14.4 Å². The summed E-state index contributed by atoms with van der Waals surface area (Å²) in [7, 11) is 1.58. The van der Waals surface area contributed by atoms with Crippen LogP contribution in [-0.2, 0) is 9.59 Å². The molecular weight excluding hydrogens is 630 g/mol. The zero-order chi connectivity index (χ0) is 33.2. The van der Waals surface area contributed by atoms with Crippen LogP contribution in [0, 0.1) is 6.92 Å². The van der Waals surface area contributed by atoms with Crippen LogP contribution < -0.4 is 20.7 Å². The van der Waals surface area contributed by atoms with Crippen molar-refractivity contribution in [3.63, 3.8) is 0 Å². The number of benzene rings is 5. The first-order valence-corrected chi connectivity index (χ1v) is 16.0. The monoisotopic (exact) mass is 661 g/mol. The Morgan fingerprint density at radius 3 is 2.09 bits per heavy atom.